The largest absolute Gasteiger partial charge is 0.489 e. The van der Waals surface area contributed by atoms with Crippen LogP contribution in [0.3, 0.4) is 0 Å². The molecule has 2 fully saturated rings. The Bertz CT molecular complexity index is 2360. The third-order valence-corrected chi connectivity index (χ3v) is 13.7. The Labute approximate surface area is 401 Å². The Morgan fingerprint density at radius 2 is 1.72 bits per heavy atom. The summed E-state index contributed by atoms with van der Waals surface area (Å²) in [4.78, 5) is 60.2. The van der Waals surface area contributed by atoms with Crippen LogP contribution >= 0.6 is 22.9 Å². The predicted molar refractivity (Wildman–Crippen MR) is 254 cm³/mol. The summed E-state index contributed by atoms with van der Waals surface area (Å²) < 4.78 is 19.5. The number of hydrogen-bond acceptors (Lipinski definition) is 12. The minimum Gasteiger partial charge on any atom is -0.489 e. The summed E-state index contributed by atoms with van der Waals surface area (Å²) in [7, 11) is 0. The highest BCUT2D eigenvalue weighted by molar-refractivity contribution is 7.13. The first kappa shape index (κ1) is 51.0. The Morgan fingerprint density at radius 3 is 2.37 bits per heavy atom. The fourth-order valence-corrected chi connectivity index (χ4v) is 10.0. The Hall–Kier alpha value is -5.38. The molecule has 360 valence electrons. The number of thiazole rings is 1. The number of unbranched alkanes of at least 4 members (excludes halogenated alkanes) is 2. The average molecular weight is 960 g/mol. The van der Waals surface area contributed by atoms with Crippen molar-refractivity contribution in [2.45, 2.75) is 118 Å². The summed E-state index contributed by atoms with van der Waals surface area (Å²) >= 11 is 7.77. The van der Waals surface area contributed by atoms with E-state index in [4.69, 9.17) is 25.8 Å². The van der Waals surface area contributed by atoms with Crippen molar-refractivity contribution in [2.24, 2.45) is 16.2 Å². The lowest BCUT2D eigenvalue weighted by Gasteiger charge is -2.63. The number of β-amino-alcohol motifs (C(OH)–C–C–N with tert-alkyl or cyclic N) is 1. The second kappa shape index (κ2) is 22.2. The molecule has 4 N–H and O–H groups in total. The van der Waals surface area contributed by atoms with Gasteiger partial charge in [0, 0.05) is 68.1 Å². The normalized spacial score (nSPS) is 20.0. The van der Waals surface area contributed by atoms with Crippen molar-refractivity contribution in [3.63, 3.8) is 0 Å². The van der Waals surface area contributed by atoms with E-state index in [0.29, 0.717) is 54.7 Å². The lowest BCUT2D eigenvalue weighted by Crippen LogP contribution is -2.74. The Morgan fingerprint density at radius 1 is 1.00 bits per heavy atom. The maximum absolute atomic E-state index is 13.9. The number of nitriles is 1. The highest BCUT2D eigenvalue weighted by Gasteiger charge is 2.64. The number of halogens is 1. The van der Waals surface area contributed by atoms with E-state index < -0.39 is 46.2 Å². The number of nitrogens with zero attached hydrogens (tertiary/aromatic N) is 5. The monoisotopic (exact) mass is 958 g/mol. The van der Waals surface area contributed by atoms with E-state index in [1.165, 1.54) is 4.90 Å². The van der Waals surface area contributed by atoms with Gasteiger partial charge in [0.05, 0.1) is 52.0 Å². The van der Waals surface area contributed by atoms with Crippen molar-refractivity contribution in [2.75, 3.05) is 33.0 Å². The van der Waals surface area contributed by atoms with Crippen LogP contribution in [0.4, 0.5) is 0 Å². The highest BCUT2D eigenvalue weighted by Crippen LogP contribution is 2.55. The molecular weight excluding hydrogens is 896 g/mol. The number of benzene rings is 2. The highest BCUT2D eigenvalue weighted by atomic mass is 35.5. The molecule has 3 atom stereocenters. The first-order valence-electron chi connectivity index (χ1n) is 22.7. The summed E-state index contributed by atoms with van der Waals surface area (Å²) in [6.45, 7) is 15.5. The minimum atomic E-state index is -0.948. The second-order valence-electron chi connectivity index (χ2n) is 19.6. The Balaban J connectivity index is 0.846. The first-order chi connectivity index (χ1) is 31.8. The first-order valence-corrected chi connectivity index (χ1v) is 23.9. The molecule has 0 radical (unpaired) electrons. The molecule has 1 saturated carbocycles. The predicted octanol–water partition coefficient (Wildman–Crippen LogP) is 6.16. The second-order valence-corrected chi connectivity index (χ2v) is 20.9. The van der Waals surface area contributed by atoms with Gasteiger partial charge in [-0.2, -0.15) is 10.4 Å². The third-order valence-electron chi connectivity index (χ3n) is 12.5. The van der Waals surface area contributed by atoms with Crippen molar-refractivity contribution in [3.8, 4) is 22.3 Å². The van der Waals surface area contributed by atoms with Crippen LogP contribution in [0.2, 0.25) is 5.02 Å². The molecule has 18 heteroatoms. The van der Waals surface area contributed by atoms with Crippen LogP contribution in [0.15, 0.2) is 66.6 Å². The lowest BCUT2D eigenvalue weighted by molar-refractivity contribution is -0.164. The molecule has 1 saturated heterocycles. The van der Waals surface area contributed by atoms with E-state index in [2.05, 4.69) is 59.8 Å². The summed E-state index contributed by atoms with van der Waals surface area (Å²) in [6, 6.07) is 12.9. The van der Waals surface area contributed by atoms with Crippen LogP contribution in [0.25, 0.3) is 10.4 Å². The smallest absolute Gasteiger partial charge is 0.254 e. The van der Waals surface area contributed by atoms with Crippen molar-refractivity contribution < 1.29 is 38.5 Å². The van der Waals surface area contributed by atoms with Gasteiger partial charge < -0.3 is 40.2 Å². The number of aromatic nitrogens is 3. The molecule has 6 rings (SSSR count). The van der Waals surface area contributed by atoms with Crippen molar-refractivity contribution in [1.29, 1.82) is 5.26 Å². The average Bonchev–Trinajstić information content (AvgIpc) is 4.08. The van der Waals surface area contributed by atoms with Gasteiger partial charge in [0.25, 0.3) is 5.91 Å². The molecule has 3 heterocycles. The van der Waals surface area contributed by atoms with Gasteiger partial charge in [0.15, 0.2) is 0 Å². The van der Waals surface area contributed by atoms with E-state index in [1.54, 1.807) is 58.3 Å². The number of ether oxygens (including phenoxy) is 3. The number of hydrogen-bond donors (Lipinski definition) is 4. The Kier molecular flexibility index (Phi) is 16.9. The van der Waals surface area contributed by atoms with E-state index in [9.17, 15) is 29.5 Å². The van der Waals surface area contributed by atoms with Gasteiger partial charge in [-0.1, -0.05) is 84.3 Å². The number of likely N-dealkylation sites (tertiary alicyclic amines) is 1. The van der Waals surface area contributed by atoms with Gasteiger partial charge in [-0.25, -0.2) is 0 Å². The maximum Gasteiger partial charge on any atom is 0.254 e. The number of carbonyl (C=O) groups is 4. The number of rotatable bonds is 21. The fourth-order valence-electron chi connectivity index (χ4n) is 9.20. The van der Waals surface area contributed by atoms with Gasteiger partial charge in [0.1, 0.15) is 36.6 Å². The number of aliphatic hydroxyl groups excluding tert-OH is 1. The van der Waals surface area contributed by atoms with Crippen molar-refractivity contribution in [1.82, 2.24) is 35.6 Å². The van der Waals surface area contributed by atoms with Gasteiger partial charge in [-0.3, -0.25) is 28.8 Å². The van der Waals surface area contributed by atoms with Gasteiger partial charge >= 0.3 is 0 Å². The molecule has 16 nitrogen and oxygen atoms in total. The third kappa shape index (κ3) is 12.8. The van der Waals surface area contributed by atoms with E-state index in [0.717, 1.165) is 28.8 Å². The lowest BCUT2D eigenvalue weighted by atomic mass is 9.49. The summed E-state index contributed by atoms with van der Waals surface area (Å²) in [6.07, 6.45) is 6.38. The number of aliphatic hydroxyl groups is 1. The molecule has 0 bridgehead atoms. The molecule has 0 unspecified atom stereocenters. The molecule has 67 heavy (non-hydrogen) atoms. The quantitative estimate of drug-likeness (QED) is 0.0696. The molecular formula is C49H63ClN8O8S. The van der Waals surface area contributed by atoms with Gasteiger partial charge in [0.2, 0.25) is 17.7 Å². The molecule has 4 aromatic rings. The zero-order valence-corrected chi connectivity index (χ0v) is 40.9. The zero-order chi connectivity index (χ0) is 48.5. The summed E-state index contributed by atoms with van der Waals surface area (Å²) in [5.74, 6) is -0.899. The maximum atomic E-state index is 13.9. The number of carbonyl (C=O) groups excluding carboxylic acids is 4. The summed E-state index contributed by atoms with van der Waals surface area (Å²) in [5, 5.41) is 33.3. The van der Waals surface area contributed by atoms with Crippen LogP contribution in [-0.2, 0) is 36.9 Å². The van der Waals surface area contributed by atoms with Crippen LogP contribution in [0, 0.1) is 27.6 Å². The van der Waals surface area contributed by atoms with Crippen LogP contribution < -0.4 is 20.7 Å². The fraction of sp³-hybridized carbons (Fsp3) is 0.531. The van der Waals surface area contributed by atoms with E-state index in [-0.39, 0.29) is 50.1 Å². The van der Waals surface area contributed by atoms with Crippen molar-refractivity contribution >= 4 is 46.6 Å². The molecule has 1 aliphatic heterocycles. The molecule has 1 aliphatic carbocycles. The topological polar surface area (TPSA) is 210 Å². The number of nitrogens with one attached hydrogen (secondary N) is 3. The molecule has 2 aromatic heterocycles. The minimum absolute atomic E-state index is 0.0107. The van der Waals surface area contributed by atoms with E-state index in [1.807, 2.05) is 45.0 Å². The van der Waals surface area contributed by atoms with Crippen LogP contribution in [0.1, 0.15) is 95.6 Å². The van der Waals surface area contributed by atoms with Crippen LogP contribution in [0.5, 0.6) is 5.75 Å². The van der Waals surface area contributed by atoms with E-state index >= 15 is 0 Å². The standard InChI is InChI=1S/C49H63ClN8O8S/c1-47(2,3)41(44(63)58-28-35(59)21-38(58)43(62)53-24-31-11-13-32(14-12-31)39-26-52-30-67-39)55-40(60)29-65-19-10-8-9-18-64-20-17-57-27-34(25-54-57)42(61)56-45-48(4,5)46(49(45,6)7)66-36-16-15-33(23-51)37(50)22-36/h11-16,22,25-27,30,35,38,41,45-46,59H,8-10,17-21,24,28-29H2,1-7H3,(H,53,62)(H,55,60)(H,56,61)/t35-,38+,41-,45-,46-/m1/s1. The summed E-state index contributed by atoms with van der Waals surface area (Å²) in [5.41, 5.74) is 3.05. The SMILES string of the molecule is CC(C)(C)[C@H](NC(=O)COCCCCCOCCn1cc(C(=O)N[C@H]2C(C)(C)[C@H](Oc3ccc(C#N)c(Cl)c3)C2(C)C)cn1)C(=O)N1C[C@H](O)C[C@H]1C(=O)NCc1ccc(-c2cncs2)cc1. The molecule has 2 aliphatic rings. The number of amides is 4. The van der Waals surface area contributed by atoms with Crippen molar-refractivity contribution in [3.05, 3.63) is 88.3 Å². The van der Waals surface area contributed by atoms with Gasteiger partial charge in [-0.15, -0.1) is 11.3 Å². The molecule has 2 aromatic carbocycles. The zero-order valence-electron chi connectivity index (χ0n) is 39.3. The molecule has 4 amide bonds. The van der Waals surface area contributed by atoms with Crippen LogP contribution in [-0.4, -0.2) is 112 Å². The van der Waals surface area contributed by atoms with Gasteiger partial charge in [-0.05, 0) is 47.9 Å². The molecule has 0 spiro atoms.